The minimum atomic E-state index is -0.505. The van der Waals surface area contributed by atoms with E-state index in [4.69, 9.17) is 14.9 Å². The van der Waals surface area contributed by atoms with E-state index < -0.39 is 11.7 Å². The number of rotatable bonds is 4. The minimum Gasteiger partial charge on any atom is -0.469 e. The molecule has 0 saturated carbocycles. The van der Waals surface area contributed by atoms with Crippen LogP contribution in [0.4, 0.5) is 4.79 Å². The number of furan rings is 1. The molecule has 5 heteroatoms. The molecule has 1 heterocycles. The maximum absolute atomic E-state index is 11.7. The molecular weight excluding hydrogens is 244 g/mol. The zero-order valence-electron chi connectivity index (χ0n) is 12.4. The SMILES string of the molecule is Cc1occc1C(C)(CN)CNC(=O)OC(C)(C)C. The van der Waals surface area contributed by atoms with Gasteiger partial charge in [-0.25, -0.2) is 4.79 Å². The monoisotopic (exact) mass is 268 g/mol. The summed E-state index contributed by atoms with van der Waals surface area (Å²) in [6.45, 7) is 10.2. The fraction of sp³-hybridized carbons (Fsp3) is 0.643. The fourth-order valence-corrected chi connectivity index (χ4v) is 1.87. The Morgan fingerprint density at radius 1 is 1.42 bits per heavy atom. The molecule has 1 rings (SSSR count). The normalized spacial score (nSPS) is 14.8. The zero-order valence-corrected chi connectivity index (χ0v) is 12.4. The Hall–Kier alpha value is -1.49. The Kier molecular flexibility index (Phi) is 4.63. The standard InChI is InChI=1S/C14H24N2O3/c1-10-11(6-7-18-10)14(5,8-15)9-16-12(17)19-13(2,3)4/h6-7H,8-9,15H2,1-5H3,(H,16,17). The van der Waals surface area contributed by atoms with Gasteiger partial charge in [-0.15, -0.1) is 0 Å². The molecule has 1 aromatic rings. The molecule has 0 bridgehead atoms. The predicted octanol–water partition coefficient (Wildman–Crippen LogP) is 2.33. The summed E-state index contributed by atoms with van der Waals surface area (Å²) in [6, 6.07) is 1.89. The lowest BCUT2D eigenvalue weighted by Gasteiger charge is -2.29. The van der Waals surface area contributed by atoms with Gasteiger partial charge in [-0.2, -0.15) is 0 Å². The highest BCUT2D eigenvalue weighted by Crippen LogP contribution is 2.26. The number of nitrogens with two attached hydrogens (primary N) is 1. The second-order valence-corrected chi connectivity index (χ2v) is 6.01. The first-order valence-corrected chi connectivity index (χ1v) is 6.39. The van der Waals surface area contributed by atoms with Crippen LogP contribution in [-0.2, 0) is 10.2 Å². The average molecular weight is 268 g/mol. The van der Waals surface area contributed by atoms with Gasteiger partial charge in [0.15, 0.2) is 0 Å². The van der Waals surface area contributed by atoms with E-state index in [9.17, 15) is 4.79 Å². The van der Waals surface area contributed by atoms with Crippen molar-refractivity contribution in [3.63, 3.8) is 0 Å². The van der Waals surface area contributed by atoms with Gasteiger partial charge in [-0.1, -0.05) is 6.92 Å². The molecule has 0 spiro atoms. The summed E-state index contributed by atoms with van der Waals surface area (Å²) in [7, 11) is 0. The minimum absolute atomic E-state index is 0.367. The number of hydrogen-bond acceptors (Lipinski definition) is 4. The molecule has 1 atom stereocenters. The number of hydrogen-bond donors (Lipinski definition) is 2. The molecule has 0 aliphatic carbocycles. The van der Waals surface area contributed by atoms with Gasteiger partial charge in [0.2, 0.25) is 0 Å². The summed E-state index contributed by atoms with van der Waals surface area (Å²) in [5.74, 6) is 0.818. The lowest BCUT2D eigenvalue weighted by molar-refractivity contribution is 0.0516. The van der Waals surface area contributed by atoms with Crippen LogP contribution < -0.4 is 11.1 Å². The smallest absolute Gasteiger partial charge is 0.407 e. The van der Waals surface area contributed by atoms with Gasteiger partial charge >= 0.3 is 6.09 Å². The maximum Gasteiger partial charge on any atom is 0.407 e. The van der Waals surface area contributed by atoms with E-state index in [0.29, 0.717) is 13.1 Å². The second kappa shape index (κ2) is 5.65. The summed E-state index contributed by atoms with van der Waals surface area (Å²) in [6.07, 6.45) is 1.19. The van der Waals surface area contributed by atoms with Crippen LogP contribution in [0.2, 0.25) is 0 Å². The number of nitrogens with one attached hydrogen (secondary N) is 1. The molecule has 1 amide bonds. The molecule has 5 nitrogen and oxygen atoms in total. The Balaban J connectivity index is 2.68. The highest BCUT2D eigenvalue weighted by Gasteiger charge is 2.29. The quantitative estimate of drug-likeness (QED) is 0.878. The Morgan fingerprint density at radius 3 is 2.47 bits per heavy atom. The average Bonchev–Trinajstić information content (AvgIpc) is 2.71. The number of aryl methyl sites for hydroxylation is 1. The summed E-state index contributed by atoms with van der Waals surface area (Å²) in [4.78, 5) is 11.7. The first-order chi connectivity index (χ1) is 8.68. The molecule has 0 aliphatic rings. The number of ether oxygens (including phenoxy) is 1. The van der Waals surface area contributed by atoms with E-state index in [0.717, 1.165) is 11.3 Å². The summed E-state index contributed by atoms with van der Waals surface area (Å²) in [5.41, 5.74) is 5.98. The lowest BCUT2D eigenvalue weighted by Crippen LogP contribution is -2.45. The molecular formula is C14H24N2O3. The molecule has 19 heavy (non-hydrogen) atoms. The van der Waals surface area contributed by atoms with Crippen molar-refractivity contribution in [2.45, 2.75) is 45.6 Å². The van der Waals surface area contributed by atoms with E-state index in [1.807, 2.05) is 40.7 Å². The molecule has 1 aromatic heterocycles. The van der Waals surface area contributed by atoms with Crippen molar-refractivity contribution in [3.05, 3.63) is 23.7 Å². The number of carbonyl (C=O) groups excluding carboxylic acids is 1. The van der Waals surface area contributed by atoms with Crippen LogP contribution in [0.3, 0.4) is 0 Å². The molecule has 0 radical (unpaired) electrons. The van der Waals surface area contributed by atoms with E-state index in [1.165, 1.54) is 0 Å². The van der Waals surface area contributed by atoms with Gasteiger partial charge < -0.3 is 20.2 Å². The van der Waals surface area contributed by atoms with Gasteiger partial charge in [-0.05, 0) is 33.8 Å². The van der Waals surface area contributed by atoms with Crippen molar-refractivity contribution in [1.82, 2.24) is 5.32 Å². The third-order valence-corrected chi connectivity index (χ3v) is 2.98. The Bertz CT molecular complexity index is 434. The molecule has 1 unspecified atom stereocenters. The number of carbonyl (C=O) groups is 1. The van der Waals surface area contributed by atoms with Gasteiger partial charge in [-0.3, -0.25) is 0 Å². The first kappa shape index (κ1) is 15.6. The largest absolute Gasteiger partial charge is 0.469 e. The summed E-state index contributed by atoms with van der Waals surface area (Å²) >= 11 is 0. The summed E-state index contributed by atoms with van der Waals surface area (Å²) in [5, 5.41) is 2.76. The lowest BCUT2D eigenvalue weighted by atomic mass is 9.82. The van der Waals surface area contributed by atoms with Crippen LogP contribution in [0.5, 0.6) is 0 Å². The van der Waals surface area contributed by atoms with E-state index >= 15 is 0 Å². The van der Waals surface area contributed by atoms with Gasteiger partial charge in [0.1, 0.15) is 11.4 Å². The van der Waals surface area contributed by atoms with Crippen LogP contribution in [-0.4, -0.2) is 24.8 Å². The molecule has 0 saturated heterocycles. The topological polar surface area (TPSA) is 77.5 Å². The van der Waals surface area contributed by atoms with Crippen molar-refractivity contribution in [3.8, 4) is 0 Å². The number of amides is 1. The Labute approximate surface area is 114 Å². The zero-order chi connectivity index (χ0) is 14.7. The van der Waals surface area contributed by atoms with E-state index in [-0.39, 0.29) is 5.41 Å². The van der Waals surface area contributed by atoms with Crippen LogP contribution in [0, 0.1) is 6.92 Å². The Morgan fingerprint density at radius 2 is 2.05 bits per heavy atom. The molecule has 3 N–H and O–H groups in total. The number of alkyl carbamates (subject to hydrolysis) is 1. The predicted molar refractivity (Wildman–Crippen MR) is 74.1 cm³/mol. The molecule has 0 aliphatic heterocycles. The van der Waals surface area contributed by atoms with Crippen LogP contribution in [0.1, 0.15) is 39.0 Å². The van der Waals surface area contributed by atoms with Crippen molar-refractivity contribution in [1.29, 1.82) is 0 Å². The van der Waals surface area contributed by atoms with Crippen molar-refractivity contribution < 1.29 is 13.9 Å². The van der Waals surface area contributed by atoms with Crippen molar-refractivity contribution in [2.75, 3.05) is 13.1 Å². The van der Waals surface area contributed by atoms with Crippen molar-refractivity contribution in [2.24, 2.45) is 5.73 Å². The fourth-order valence-electron chi connectivity index (χ4n) is 1.87. The van der Waals surface area contributed by atoms with Crippen molar-refractivity contribution >= 4 is 6.09 Å². The van der Waals surface area contributed by atoms with Crippen LogP contribution in [0.15, 0.2) is 16.7 Å². The van der Waals surface area contributed by atoms with Gasteiger partial charge in [0.05, 0.1) is 6.26 Å². The van der Waals surface area contributed by atoms with E-state index in [1.54, 1.807) is 6.26 Å². The first-order valence-electron chi connectivity index (χ1n) is 6.39. The highest BCUT2D eigenvalue weighted by atomic mass is 16.6. The third kappa shape index (κ3) is 4.28. The van der Waals surface area contributed by atoms with Gasteiger partial charge in [0.25, 0.3) is 0 Å². The second-order valence-electron chi connectivity index (χ2n) is 6.01. The highest BCUT2D eigenvalue weighted by molar-refractivity contribution is 5.67. The van der Waals surface area contributed by atoms with Crippen LogP contribution >= 0.6 is 0 Å². The molecule has 108 valence electrons. The van der Waals surface area contributed by atoms with Gasteiger partial charge in [0, 0.05) is 24.1 Å². The van der Waals surface area contributed by atoms with Crippen LogP contribution in [0.25, 0.3) is 0 Å². The molecule has 0 fully saturated rings. The van der Waals surface area contributed by atoms with E-state index in [2.05, 4.69) is 5.32 Å². The third-order valence-electron chi connectivity index (χ3n) is 2.98. The maximum atomic E-state index is 11.7. The summed E-state index contributed by atoms with van der Waals surface area (Å²) < 4.78 is 10.5. The molecule has 0 aromatic carbocycles.